The molecule has 0 aromatic rings. The molecule has 0 spiro atoms. The first-order valence-corrected chi connectivity index (χ1v) is 34.4. The van der Waals surface area contributed by atoms with Crippen molar-refractivity contribution in [3.8, 4) is 0 Å². The number of aliphatic hydroxyl groups excluding tert-OH is 2. The lowest BCUT2D eigenvalue weighted by Crippen LogP contribution is -2.45. The molecule has 6 heteroatoms. The zero-order valence-corrected chi connectivity index (χ0v) is 51.1. The molecule has 0 aliphatic rings. The minimum atomic E-state index is -0.664. The molecule has 0 saturated carbocycles. The monoisotopic (exact) mass is 1060 g/mol. The van der Waals surface area contributed by atoms with Crippen LogP contribution in [0.25, 0.3) is 0 Å². The minimum Gasteiger partial charge on any atom is -0.466 e. The number of rotatable bonds is 65. The number of carbonyl (C=O) groups is 2. The quantitative estimate of drug-likeness (QED) is 0.0320. The topological polar surface area (TPSA) is 95.9 Å². The molecule has 0 radical (unpaired) electrons. The summed E-state index contributed by atoms with van der Waals surface area (Å²) < 4.78 is 5.50. The van der Waals surface area contributed by atoms with Crippen LogP contribution in [-0.2, 0) is 14.3 Å². The normalized spacial score (nSPS) is 12.5. The van der Waals surface area contributed by atoms with E-state index in [1.165, 1.54) is 321 Å². The predicted octanol–water partition coefficient (Wildman–Crippen LogP) is 22.0. The van der Waals surface area contributed by atoms with E-state index in [0.717, 1.165) is 38.5 Å². The van der Waals surface area contributed by atoms with Gasteiger partial charge in [-0.3, -0.25) is 9.59 Å². The first-order valence-electron chi connectivity index (χ1n) is 34.4. The number of nitrogens with one attached hydrogen (secondary N) is 1. The molecule has 446 valence electrons. The van der Waals surface area contributed by atoms with E-state index < -0.39 is 12.1 Å². The van der Waals surface area contributed by atoms with E-state index in [4.69, 9.17) is 4.74 Å². The van der Waals surface area contributed by atoms with Crippen LogP contribution in [-0.4, -0.2) is 47.4 Å². The van der Waals surface area contributed by atoms with E-state index in [1.807, 2.05) is 0 Å². The van der Waals surface area contributed by atoms with Crippen molar-refractivity contribution in [2.24, 2.45) is 0 Å². The Balaban J connectivity index is 3.36. The molecule has 3 N–H and O–H groups in total. The SMILES string of the molecule is CCCCCCCCCCCCCCCCCCC(O)C(CO)NC(=O)CCCCCCCCCCCCC/C=C\CCCCCCCCCCCCCCOC(=O)CCCCCCCCCCCCCCCCC. The van der Waals surface area contributed by atoms with Crippen molar-refractivity contribution in [2.75, 3.05) is 13.2 Å². The number of ether oxygens (including phenoxy) is 1. The summed E-state index contributed by atoms with van der Waals surface area (Å²) in [6.45, 7) is 4.99. The highest BCUT2D eigenvalue weighted by atomic mass is 16.5. The standard InChI is InChI=1S/C69H135NO5/c1-3-5-7-9-11-13-15-17-19-34-37-41-45-49-53-57-61-67(72)66(65-71)70-68(73)62-58-54-50-46-42-38-35-31-29-27-25-23-21-20-22-24-26-28-30-32-36-40-44-48-52-56-60-64-75-69(74)63-59-55-51-47-43-39-33-18-16-14-12-10-8-6-4-2/h20-21,66-67,71-72H,3-19,22-65H2,1-2H3,(H,70,73)/b21-20-. The van der Waals surface area contributed by atoms with Crippen molar-refractivity contribution < 1.29 is 24.5 Å². The van der Waals surface area contributed by atoms with E-state index in [2.05, 4.69) is 31.3 Å². The predicted molar refractivity (Wildman–Crippen MR) is 329 cm³/mol. The molecule has 0 bridgehead atoms. The Morgan fingerprint density at radius 1 is 0.360 bits per heavy atom. The van der Waals surface area contributed by atoms with Gasteiger partial charge in [-0.25, -0.2) is 0 Å². The van der Waals surface area contributed by atoms with Crippen LogP contribution < -0.4 is 5.32 Å². The largest absolute Gasteiger partial charge is 0.466 e. The van der Waals surface area contributed by atoms with Crippen LogP contribution >= 0.6 is 0 Å². The van der Waals surface area contributed by atoms with Crippen molar-refractivity contribution in [2.45, 2.75) is 405 Å². The molecule has 0 fully saturated rings. The highest BCUT2D eigenvalue weighted by Crippen LogP contribution is 2.19. The second-order valence-corrected chi connectivity index (χ2v) is 23.9. The summed E-state index contributed by atoms with van der Waals surface area (Å²) in [6, 6.07) is -0.541. The van der Waals surface area contributed by atoms with Gasteiger partial charge in [0.25, 0.3) is 0 Å². The number of unbranched alkanes of at least 4 members (excludes halogenated alkanes) is 52. The van der Waals surface area contributed by atoms with Gasteiger partial charge in [-0.05, 0) is 51.4 Å². The van der Waals surface area contributed by atoms with Gasteiger partial charge in [0.2, 0.25) is 5.91 Å². The molecule has 0 aliphatic heterocycles. The fraction of sp³-hybridized carbons (Fsp3) is 0.942. The van der Waals surface area contributed by atoms with Gasteiger partial charge in [-0.1, -0.05) is 341 Å². The summed E-state index contributed by atoms with van der Waals surface area (Å²) in [5.74, 6) is -0.0134. The maximum Gasteiger partial charge on any atom is 0.305 e. The van der Waals surface area contributed by atoms with Crippen molar-refractivity contribution in [1.29, 1.82) is 0 Å². The Bertz CT molecular complexity index is 1130. The summed E-state index contributed by atoms with van der Waals surface area (Å²) in [5.41, 5.74) is 0. The number of carbonyl (C=O) groups excluding carboxylic acids is 2. The molecule has 0 aliphatic carbocycles. The molecule has 75 heavy (non-hydrogen) atoms. The maximum atomic E-state index is 12.5. The molecule has 1 amide bonds. The van der Waals surface area contributed by atoms with E-state index in [1.54, 1.807) is 0 Å². The Labute approximate surface area is 469 Å². The number of esters is 1. The zero-order chi connectivity index (χ0) is 54.3. The van der Waals surface area contributed by atoms with Crippen LogP contribution in [0.15, 0.2) is 12.2 Å². The van der Waals surface area contributed by atoms with Crippen molar-refractivity contribution >= 4 is 11.9 Å². The van der Waals surface area contributed by atoms with Gasteiger partial charge in [0.1, 0.15) is 0 Å². The number of aliphatic hydroxyl groups is 2. The van der Waals surface area contributed by atoms with Crippen LogP contribution in [0.3, 0.4) is 0 Å². The molecule has 0 heterocycles. The lowest BCUT2D eigenvalue weighted by Gasteiger charge is -2.22. The highest BCUT2D eigenvalue weighted by Gasteiger charge is 2.20. The number of hydrogen-bond donors (Lipinski definition) is 3. The molecule has 2 atom stereocenters. The van der Waals surface area contributed by atoms with E-state index >= 15 is 0 Å². The maximum absolute atomic E-state index is 12.5. The van der Waals surface area contributed by atoms with E-state index in [0.29, 0.717) is 25.9 Å². The second kappa shape index (κ2) is 65.1. The Morgan fingerprint density at radius 3 is 0.947 bits per heavy atom. The average Bonchev–Trinajstić information content (AvgIpc) is 3.41. The van der Waals surface area contributed by atoms with Gasteiger partial charge < -0.3 is 20.3 Å². The molecular formula is C69H135NO5. The Kier molecular flexibility index (Phi) is 63.9. The van der Waals surface area contributed by atoms with Gasteiger partial charge >= 0.3 is 5.97 Å². The van der Waals surface area contributed by atoms with E-state index in [9.17, 15) is 19.8 Å². The summed E-state index contributed by atoms with van der Waals surface area (Å²) in [7, 11) is 0. The van der Waals surface area contributed by atoms with Crippen LogP contribution in [0, 0.1) is 0 Å². The van der Waals surface area contributed by atoms with E-state index in [-0.39, 0.29) is 18.5 Å². The zero-order valence-electron chi connectivity index (χ0n) is 51.1. The summed E-state index contributed by atoms with van der Waals surface area (Å²) in [4.78, 5) is 24.6. The Hall–Kier alpha value is -1.40. The molecule has 0 aromatic carbocycles. The third-order valence-corrected chi connectivity index (χ3v) is 16.3. The van der Waals surface area contributed by atoms with Gasteiger partial charge in [-0.15, -0.1) is 0 Å². The minimum absolute atomic E-state index is 0.0189. The molecule has 2 unspecified atom stereocenters. The smallest absolute Gasteiger partial charge is 0.305 e. The van der Waals surface area contributed by atoms with Gasteiger partial charge in [-0.2, -0.15) is 0 Å². The van der Waals surface area contributed by atoms with Crippen LogP contribution in [0.5, 0.6) is 0 Å². The third kappa shape index (κ3) is 61.7. The lowest BCUT2D eigenvalue weighted by atomic mass is 10.0. The van der Waals surface area contributed by atoms with Gasteiger partial charge in [0, 0.05) is 12.8 Å². The van der Waals surface area contributed by atoms with Gasteiger partial charge in [0.05, 0.1) is 25.4 Å². The second-order valence-electron chi connectivity index (χ2n) is 23.9. The fourth-order valence-corrected chi connectivity index (χ4v) is 11.1. The van der Waals surface area contributed by atoms with Crippen molar-refractivity contribution in [3.05, 3.63) is 12.2 Å². The fourth-order valence-electron chi connectivity index (χ4n) is 11.1. The summed E-state index contributed by atoms with van der Waals surface area (Å²) in [5, 5.41) is 23.3. The molecular weight excluding hydrogens is 923 g/mol. The third-order valence-electron chi connectivity index (χ3n) is 16.3. The van der Waals surface area contributed by atoms with Crippen molar-refractivity contribution in [3.63, 3.8) is 0 Å². The molecule has 6 nitrogen and oxygen atoms in total. The van der Waals surface area contributed by atoms with Crippen LogP contribution in [0.2, 0.25) is 0 Å². The first-order chi connectivity index (χ1) is 37.0. The lowest BCUT2D eigenvalue weighted by molar-refractivity contribution is -0.143. The highest BCUT2D eigenvalue weighted by molar-refractivity contribution is 5.76. The number of amides is 1. The average molecular weight is 1060 g/mol. The number of allylic oxidation sites excluding steroid dienone is 2. The van der Waals surface area contributed by atoms with Crippen molar-refractivity contribution in [1.82, 2.24) is 5.32 Å². The van der Waals surface area contributed by atoms with Crippen LogP contribution in [0.4, 0.5) is 0 Å². The molecule has 0 saturated heterocycles. The van der Waals surface area contributed by atoms with Crippen LogP contribution in [0.1, 0.15) is 393 Å². The molecule has 0 rings (SSSR count). The Morgan fingerprint density at radius 2 is 0.627 bits per heavy atom. The summed E-state index contributed by atoms with van der Waals surface area (Å²) >= 11 is 0. The first kappa shape index (κ1) is 73.6. The number of hydrogen-bond acceptors (Lipinski definition) is 5. The van der Waals surface area contributed by atoms with Gasteiger partial charge in [0.15, 0.2) is 0 Å². The molecule has 0 aromatic heterocycles. The summed E-state index contributed by atoms with van der Waals surface area (Å²) in [6.07, 6.45) is 79.6.